The van der Waals surface area contributed by atoms with Crippen LogP contribution in [-0.2, 0) is 5.41 Å². The molecule has 0 spiro atoms. The number of fused-ring (bicyclic) bond motifs is 7. The van der Waals surface area contributed by atoms with Gasteiger partial charge in [-0.2, -0.15) is 0 Å². The minimum atomic E-state index is -0.252. The largest absolute Gasteiger partial charge is 0.455 e. The molecule has 0 saturated carbocycles. The average Bonchev–Trinajstić information content (AvgIpc) is 3.99. The first-order valence-electron chi connectivity index (χ1n) is 20.5. The zero-order valence-corrected chi connectivity index (χ0v) is 33.4. The predicted octanol–water partition coefficient (Wildman–Crippen LogP) is 14.2. The SMILES string of the molecule is CC1(C)c2cc(-c3cccc(-c4nc(-c5ccc(-c6ccccc6)cc5)nc(-c5cccc6c5oc5ccccc56)n4)c3)ccc2-c2cc3nc(-c4ccccc4)oc3cc21. The number of hydrogen-bond acceptors (Lipinski definition) is 6. The molecule has 3 heterocycles. The molecule has 61 heavy (non-hydrogen) atoms. The van der Waals surface area contributed by atoms with E-state index in [-0.39, 0.29) is 5.41 Å². The molecule has 0 radical (unpaired) electrons. The van der Waals surface area contributed by atoms with E-state index in [0.717, 1.165) is 77.5 Å². The Labute approximate surface area is 351 Å². The molecule has 0 saturated heterocycles. The number of rotatable bonds is 6. The highest BCUT2D eigenvalue weighted by Gasteiger charge is 2.36. The van der Waals surface area contributed by atoms with E-state index in [2.05, 4.69) is 129 Å². The van der Waals surface area contributed by atoms with Gasteiger partial charge in [-0.1, -0.05) is 147 Å². The molecule has 8 aromatic carbocycles. The third-order valence-electron chi connectivity index (χ3n) is 12.2. The Balaban J connectivity index is 0.955. The highest BCUT2D eigenvalue weighted by atomic mass is 16.3. The fourth-order valence-electron chi connectivity index (χ4n) is 9.00. The van der Waals surface area contributed by atoms with Crippen LogP contribution in [0.2, 0.25) is 0 Å². The lowest BCUT2D eigenvalue weighted by Gasteiger charge is -2.22. The molecule has 0 fully saturated rings. The van der Waals surface area contributed by atoms with Crippen molar-refractivity contribution in [3.05, 3.63) is 193 Å². The molecule has 11 aromatic rings. The Morgan fingerprint density at radius 2 is 0.951 bits per heavy atom. The van der Waals surface area contributed by atoms with Gasteiger partial charge in [0.2, 0.25) is 5.89 Å². The van der Waals surface area contributed by atoms with Crippen molar-refractivity contribution in [3.8, 4) is 79.0 Å². The molecule has 1 aliphatic rings. The molecule has 0 unspecified atom stereocenters. The van der Waals surface area contributed by atoms with Gasteiger partial charge in [0.15, 0.2) is 23.1 Å². The van der Waals surface area contributed by atoms with Crippen LogP contribution in [0.4, 0.5) is 0 Å². The maximum atomic E-state index is 6.48. The molecule has 0 N–H and O–H groups in total. The first-order chi connectivity index (χ1) is 29.9. The molecule has 288 valence electrons. The molecule has 6 heteroatoms. The normalized spacial score (nSPS) is 12.9. The van der Waals surface area contributed by atoms with Crippen LogP contribution in [0.25, 0.3) is 112 Å². The van der Waals surface area contributed by atoms with Crippen molar-refractivity contribution in [1.82, 2.24) is 19.9 Å². The highest BCUT2D eigenvalue weighted by molar-refractivity contribution is 6.09. The minimum absolute atomic E-state index is 0.252. The van der Waals surface area contributed by atoms with Crippen LogP contribution in [0.5, 0.6) is 0 Å². The van der Waals surface area contributed by atoms with Crippen LogP contribution < -0.4 is 0 Å². The quantitative estimate of drug-likeness (QED) is 0.167. The van der Waals surface area contributed by atoms with E-state index in [1.807, 2.05) is 66.7 Å². The van der Waals surface area contributed by atoms with Crippen LogP contribution in [0.3, 0.4) is 0 Å². The van der Waals surface area contributed by atoms with E-state index in [0.29, 0.717) is 23.4 Å². The van der Waals surface area contributed by atoms with Crippen molar-refractivity contribution in [1.29, 1.82) is 0 Å². The van der Waals surface area contributed by atoms with Gasteiger partial charge in [-0.05, 0) is 93.0 Å². The number of oxazole rings is 1. The van der Waals surface area contributed by atoms with Gasteiger partial charge in [-0.25, -0.2) is 19.9 Å². The van der Waals surface area contributed by atoms with Crippen LogP contribution in [-0.4, -0.2) is 19.9 Å². The monoisotopic (exact) mass is 784 g/mol. The Morgan fingerprint density at radius 3 is 1.77 bits per heavy atom. The van der Waals surface area contributed by atoms with E-state index < -0.39 is 0 Å². The lowest BCUT2D eigenvalue weighted by atomic mass is 9.81. The summed E-state index contributed by atoms with van der Waals surface area (Å²) >= 11 is 0. The first-order valence-corrected chi connectivity index (χ1v) is 20.5. The molecular formula is C55H36N4O2. The molecule has 6 nitrogen and oxygen atoms in total. The summed E-state index contributed by atoms with van der Waals surface area (Å²) < 4.78 is 12.8. The number of para-hydroxylation sites is 2. The van der Waals surface area contributed by atoms with Gasteiger partial charge in [0.1, 0.15) is 16.7 Å². The van der Waals surface area contributed by atoms with Crippen molar-refractivity contribution >= 4 is 33.0 Å². The van der Waals surface area contributed by atoms with Crippen molar-refractivity contribution in [3.63, 3.8) is 0 Å². The molecule has 0 aliphatic heterocycles. The standard InChI is InChI=1S/C55H36N4O2/c1-55(2)45-30-38(27-28-40(45)44-31-47-49(32-46(44)55)61-54(56-47)36-15-7-4-8-16-36)37-17-11-18-39(29-37)52-57-51(35-25-23-34(24-26-35)33-13-5-3-6-14-33)58-53(59-52)43-21-12-20-42-41-19-9-10-22-48(41)60-50(42)43/h3-32H,1-2H3. The van der Waals surface area contributed by atoms with Crippen molar-refractivity contribution in [2.24, 2.45) is 0 Å². The number of hydrogen-bond donors (Lipinski definition) is 0. The van der Waals surface area contributed by atoms with Gasteiger partial charge >= 0.3 is 0 Å². The molecule has 12 rings (SSSR count). The van der Waals surface area contributed by atoms with Gasteiger partial charge in [0.05, 0.1) is 5.56 Å². The Morgan fingerprint density at radius 1 is 0.361 bits per heavy atom. The molecular weight excluding hydrogens is 749 g/mol. The molecule has 0 amide bonds. The van der Waals surface area contributed by atoms with E-state index in [1.165, 1.54) is 22.3 Å². The minimum Gasteiger partial charge on any atom is -0.455 e. The second-order valence-electron chi connectivity index (χ2n) is 16.2. The topological polar surface area (TPSA) is 77.8 Å². The number of aromatic nitrogens is 4. The summed E-state index contributed by atoms with van der Waals surface area (Å²) in [7, 11) is 0. The fraction of sp³-hybridized carbons (Fsp3) is 0.0545. The second-order valence-corrected chi connectivity index (χ2v) is 16.2. The third-order valence-corrected chi connectivity index (χ3v) is 12.2. The van der Waals surface area contributed by atoms with E-state index in [4.69, 9.17) is 28.8 Å². The van der Waals surface area contributed by atoms with Crippen LogP contribution >= 0.6 is 0 Å². The second kappa shape index (κ2) is 13.5. The van der Waals surface area contributed by atoms with Gasteiger partial charge in [-0.3, -0.25) is 0 Å². The van der Waals surface area contributed by atoms with Crippen LogP contribution in [0.1, 0.15) is 25.0 Å². The molecule has 1 aliphatic carbocycles. The maximum absolute atomic E-state index is 6.48. The number of nitrogens with zero attached hydrogens (tertiary/aromatic N) is 4. The van der Waals surface area contributed by atoms with Gasteiger partial charge in [0.25, 0.3) is 0 Å². The summed E-state index contributed by atoms with van der Waals surface area (Å²) in [6.07, 6.45) is 0. The zero-order chi connectivity index (χ0) is 40.7. The lowest BCUT2D eigenvalue weighted by Crippen LogP contribution is -2.15. The summed E-state index contributed by atoms with van der Waals surface area (Å²) in [5.74, 6) is 2.36. The number of benzene rings is 8. The van der Waals surface area contributed by atoms with Gasteiger partial charge in [-0.15, -0.1) is 0 Å². The first kappa shape index (κ1) is 35.0. The van der Waals surface area contributed by atoms with Crippen molar-refractivity contribution < 1.29 is 8.83 Å². The summed E-state index contributed by atoms with van der Waals surface area (Å²) in [6, 6.07) is 62.8. The van der Waals surface area contributed by atoms with E-state index in [9.17, 15) is 0 Å². The summed E-state index contributed by atoms with van der Waals surface area (Å²) in [6.45, 7) is 4.59. The van der Waals surface area contributed by atoms with E-state index >= 15 is 0 Å². The van der Waals surface area contributed by atoms with Crippen LogP contribution in [0.15, 0.2) is 191 Å². The Hall–Kier alpha value is -7.96. The smallest absolute Gasteiger partial charge is 0.227 e. The van der Waals surface area contributed by atoms with Crippen molar-refractivity contribution in [2.75, 3.05) is 0 Å². The molecule has 0 bridgehead atoms. The zero-order valence-electron chi connectivity index (χ0n) is 33.4. The summed E-state index contributed by atoms with van der Waals surface area (Å²) in [5.41, 5.74) is 15.9. The predicted molar refractivity (Wildman–Crippen MR) is 245 cm³/mol. The third kappa shape index (κ3) is 5.79. The maximum Gasteiger partial charge on any atom is 0.227 e. The highest BCUT2D eigenvalue weighted by Crippen LogP contribution is 2.51. The lowest BCUT2D eigenvalue weighted by molar-refractivity contribution is 0.614. The van der Waals surface area contributed by atoms with Gasteiger partial charge < -0.3 is 8.83 Å². The number of furan rings is 1. The Kier molecular flexibility index (Phi) is 7.78. The molecule has 3 aromatic heterocycles. The van der Waals surface area contributed by atoms with Crippen molar-refractivity contribution in [2.45, 2.75) is 19.3 Å². The summed E-state index contributed by atoms with van der Waals surface area (Å²) in [4.78, 5) is 20.3. The molecule has 0 atom stereocenters. The summed E-state index contributed by atoms with van der Waals surface area (Å²) in [5, 5.41) is 2.08. The average molecular weight is 785 g/mol. The van der Waals surface area contributed by atoms with Gasteiger partial charge in [0, 0.05) is 32.9 Å². The fourth-order valence-corrected chi connectivity index (χ4v) is 9.00. The van der Waals surface area contributed by atoms with E-state index in [1.54, 1.807) is 0 Å². The van der Waals surface area contributed by atoms with Crippen LogP contribution in [0, 0.1) is 0 Å². The Bertz CT molecular complexity index is 3490.